The Bertz CT molecular complexity index is 120. The fourth-order valence-corrected chi connectivity index (χ4v) is 0.835. The minimum Gasteiger partial charge on any atom is -0.340 e. The second kappa shape index (κ2) is 3.65. The van der Waals surface area contributed by atoms with E-state index in [1.165, 1.54) is 0 Å². The zero-order chi connectivity index (χ0) is 7.40. The van der Waals surface area contributed by atoms with Gasteiger partial charge in [0.25, 0.3) is 0 Å². The van der Waals surface area contributed by atoms with Gasteiger partial charge in [0.2, 0.25) is 0 Å². The van der Waals surface area contributed by atoms with Crippen LogP contribution >= 0.6 is 0 Å². The van der Waals surface area contributed by atoms with Crippen molar-refractivity contribution in [2.45, 2.75) is 6.92 Å². The van der Waals surface area contributed by atoms with Gasteiger partial charge in [0, 0.05) is 0 Å². The van der Waals surface area contributed by atoms with Crippen LogP contribution in [0.2, 0.25) is 0 Å². The lowest BCUT2D eigenvalue weighted by Gasteiger charge is -2.24. The van der Waals surface area contributed by atoms with E-state index in [0.717, 1.165) is 0 Å². The molecule has 58 valence electrons. The van der Waals surface area contributed by atoms with Gasteiger partial charge in [-0.3, -0.25) is 9.69 Å². The lowest BCUT2D eigenvalue weighted by Crippen LogP contribution is -2.37. The smallest absolute Gasteiger partial charge is 0.150 e. The zero-order valence-electron chi connectivity index (χ0n) is 6.00. The van der Waals surface area contributed by atoms with Crippen LogP contribution in [0.5, 0.6) is 0 Å². The second-order valence-electron chi connectivity index (χ2n) is 2.32. The van der Waals surface area contributed by atoms with Crippen LogP contribution in [0.25, 0.3) is 0 Å². The van der Waals surface area contributed by atoms with Gasteiger partial charge in [-0.2, -0.15) is 0 Å². The highest BCUT2D eigenvalue weighted by molar-refractivity contribution is 5.77. The van der Waals surface area contributed by atoms with Crippen molar-refractivity contribution in [2.24, 2.45) is 0 Å². The predicted molar refractivity (Wildman–Crippen MR) is 34.2 cm³/mol. The molecule has 1 saturated heterocycles. The zero-order valence-corrected chi connectivity index (χ0v) is 6.00. The van der Waals surface area contributed by atoms with Gasteiger partial charge in [0.15, 0.2) is 0 Å². The van der Waals surface area contributed by atoms with E-state index in [2.05, 4.69) is 0 Å². The highest BCUT2D eigenvalue weighted by Gasteiger charge is 2.11. The largest absolute Gasteiger partial charge is 0.340 e. The number of hydrogen-bond donors (Lipinski definition) is 0. The molecule has 10 heavy (non-hydrogen) atoms. The average molecular weight is 145 g/mol. The maximum atomic E-state index is 10.6. The first-order valence-corrected chi connectivity index (χ1v) is 3.16. The van der Waals surface area contributed by atoms with E-state index in [1.54, 1.807) is 11.8 Å². The summed E-state index contributed by atoms with van der Waals surface area (Å²) in [5.41, 5.74) is 0. The van der Waals surface area contributed by atoms with E-state index in [-0.39, 0.29) is 5.78 Å². The predicted octanol–water partition coefficient (Wildman–Crippen LogP) is -0.203. The lowest BCUT2D eigenvalue weighted by molar-refractivity contribution is -0.183. The summed E-state index contributed by atoms with van der Waals surface area (Å²) < 4.78 is 9.87. The molecule has 1 heterocycles. The molecule has 1 rings (SSSR count). The Balaban J connectivity index is 2.19. The number of carbonyl (C=O) groups excluding carboxylic acids is 1. The maximum absolute atomic E-state index is 10.6. The van der Waals surface area contributed by atoms with E-state index in [0.29, 0.717) is 26.8 Å². The van der Waals surface area contributed by atoms with Crippen LogP contribution in [0.4, 0.5) is 0 Å². The maximum Gasteiger partial charge on any atom is 0.150 e. The quantitative estimate of drug-likeness (QED) is 0.539. The SMILES string of the molecule is CC(=O)CN1COCOC1. The summed E-state index contributed by atoms with van der Waals surface area (Å²) >= 11 is 0. The van der Waals surface area contributed by atoms with Gasteiger partial charge < -0.3 is 9.47 Å². The third-order valence-electron chi connectivity index (χ3n) is 1.16. The van der Waals surface area contributed by atoms with Crippen LogP contribution in [0.3, 0.4) is 0 Å². The van der Waals surface area contributed by atoms with Gasteiger partial charge in [0.05, 0.1) is 6.54 Å². The molecule has 1 aliphatic rings. The van der Waals surface area contributed by atoms with Crippen LogP contribution in [-0.2, 0) is 14.3 Å². The number of rotatable bonds is 2. The monoisotopic (exact) mass is 145 g/mol. The average Bonchev–Trinajstić information content (AvgIpc) is 1.88. The molecular weight excluding hydrogens is 134 g/mol. The third kappa shape index (κ3) is 2.43. The van der Waals surface area contributed by atoms with Crippen molar-refractivity contribution in [3.63, 3.8) is 0 Å². The molecule has 4 heteroatoms. The minimum atomic E-state index is 0.133. The molecule has 0 atom stereocenters. The Labute approximate surface area is 59.7 Å². The van der Waals surface area contributed by atoms with E-state index in [4.69, 9.17) is 9.47 Å². The molecule has 0 N–H and O–H groups in total. The normalized spacial score (nSPS) is 20.9. The summed E-state index contributed by atoms with van der Waals surface area (Å²) in [6, 6.07) is 0. The van der Waals surface area contributed by atoms with E-state index >= 15 is 0 Å². The molecular formula is C6H11NO3. The van der Waals surface area contributed by atoms with Crippen molar-refractivity contribution >= 4 is 5.78 Å². The van der Waals surface area contributed by atoms with Crippen LogP contribution < -0.4 is 0 Å². The first kappa shape index (κ1) is 7.65. The molecule has 0 aliphatic carbocycles. The summed E-state index contributed by atoms with van der Waals surface area (Å²) in [4.78, 5) is 12.4. The van der Waals surface area contributed by atoms with Crippen molar-refractivity contribution < 1.29 is 14.3 Å². The van der Waals surface area contributed by atoms with Crippen molar-refractivity contribution in [3.05, 3.63) is 0 Å². The molecule has 0 bridgehead atoms. The Morgan fingerprint density at radius 2 is 2.10 bits per heavy atom. The standard InChI is InChI=1S/C6H11NO3/c1-6(8)2-7-3-9-5-10-4-7/h2-5H2,1H3. The molecule has 0 aromatic rings. The Hall–Kier alpha value is -0.450. The second-order valence-corrected chi connectivity index (χ2v) is 2.32. The van der Waals surface area contributed by atoms with Gasteiger partial charge in [-0.05, 0) is 6.92 Å². The van der Waals surface area contributed by atoms with Crippen molar-refractivity contribution in [3.8, 4) is 0 Å². The molecule has 1 aliphatic heterocycles. The Morgan fingerprint density at radius 3 is 2.60 bits per heavy atom. The number of carbonyl (C=O) groups is 1. The molecule has 0 radical (unpaired) electrons. The number of ketones is 1. The van der Waals surface area contributed by atoms with E-state index < -0.39 is 0 Å². The highest BCUT2D eigenvalue weighted by atomic mass is 16.7. The number of ether oxygens (including phenoxy) is 2. The Kier molecular flexibility index (Phi) is 2.80. The van der Waals surface area contributed by atoms with Gasteiger partial charge in [-0.1, -0.05) is 0 Å². The third-order valence-corrected chi connectivity index (χ3v) is 1.16. The molecule has 0 saturated carbocycles. The summed E-state index contributed by atoms with van der Waals surface area (Å²) in [5.74, 6) is 0.133. The molecule has 1 fully saturated rings. The molecule has 0 aromatic carbocycles. The Morgan fingerprint density at radius 1 is 1.50 bits per heavy atom. The van der Waals surface area contributed by atoms with Crippen LogP contribution in [0.15, 0.2) is 0 Å². The molecule has 4 nitrogen and oxygen atoms in total. The molecule has 0 unspecified atom stereocenters. The fourth-order valence-electron chi connectivity index (χ4n) is 0.835. The lowest BCUT2D eigenvalue weighted by atomic mass is 10.4. The number of Topliss-reactive ketones (excluding diaryl/α,β-unsaturated/α-hetero) is 1. The van der Waals surface area contributed by atoms with Crippen molar-refractivity contribution in [2.75, 3.05) is 26.8 Å². The topological polar surface area (TPSA) is 38.8 Å². The first-order chi connectivity index (χ1) is 4.79. The van der Waals surface area contributed by atoms with Gasteiger partial charge in [0.1, 0.15) is 26.0 Å². The van der Waals surface area contributed by atoms with Crippen LogP contribution in [0.1, 0.15) is 6.92 Å². The van der Waals surface area contributed by atoms with Crippen molar-refractivity contribution in [1.29, 1.82) is 0 Å². The first-order valence-electron chi connectivity index (χ1n) is 3.16. The number of hydrogen-bond acceptors (Lipinski definition) is 4. The summed E-state index contributed by atoms with van der Waals surface area (Å²) in [7, 11) is 0. The van der Waals surface area contributed by atoms with Gasteiger partial charge in [-0.25, -0.2) is 0 Å². The summed E-state index contributed by atoms with van der Waals surface area (Å²) in [6.07, 6.45) is 0. The van der Waals surface area contributed by atoms with E-state index in [1.807, 2.05) is 0 Å². The van der Waals surface area contributed by atoms with Crippen LogP contribution in [-0.4, -0.2) is 37.5 Å². The van der Waals surface area contributed by atoms with Crippen molar-refractivity contribution in [1.82, 2.24) is 4.90 Å². The highest BCUT2D eigenvalue weighted by Crippen LogP contribution is 1.96. The summed E-state index contributed by atoms with van der Waals surface area (Å²) in [6.45, 7) is 3.31. The molecule has 0 amide bonds. The molecule has 0 spiro atoms. The summed E-state index contributed by atoms with van der Waals surface area (Å²) in [5, 5.41) is 0. The fraction of sp³-hybridized carbons (Fsp3) is 0.833. The van der Waals surface area contributed by atoms with Gasteiger partial charge >= 0.3 is 0 Å². The van der Waals surface area contributed by atoms with Crippen LogP contribution in [0, 0.1) is 0 Å². The number of nitrogens with zero attached hydrogens (tertiary/aromatic N) is 1. The molecule has 0 aromatic heterocycles. The minimum absolute atomic E-state index is 0.133. The van der Waals surface area contributed by atoms with Gasteiger partial charge in [-0.15, -0.1) is 0 Å². The van der Waals surface area contributed by atoms with E-state index in [9.17, 15) is 4.79 Å².